The number of methoxy groups -OCH3 is 1. The topological polar surface area (TPSA) is 112 Å². The minimum absolute atomic E-state index is 0. The third-order valence-electron chi connectivity index (χ3n) is 3.79. The highest BCUT2D eigenvalue weighted by Gasteiger charge is 2.30. The molecule has 1 aromatic heterocycles. The van der Waals surface area contributed by atoms with Gasteiger partial charge in [0.05, 0.1) is 12.7 Å². The van der Waals surface area contributed by atoms with Gasteiger partial charge < -0.3 is 14.9 Å². The number of halogens is 1. The molecule has 9 heteroatoms. The second kappa shape index (κ2) is 7.96. The average molecular weight is 353 g/mol. The van der Waals surface area contributed by atoms with Crippen molar-refractivity contribution in [1.29, 1.82) is 0 Å². The van der Waals surface area contributed by atoms with Gasteiger partial charge in [-0.05, 0) is 18.8 Å². The molecular weight excluding hydrogens is 332 g/mol. The third kappa shape index (κ3) is 4.22. The highest BCUT2D eigenvalue weighted by molar-refractivity contribution is 7.89. The van der Waals surface area contributed by atoms with Crippen LogP contribution < -0.4 is 10.5 Å². The summed E-state index contributed by atoms with van der Waals surface area (Å²) in [6.07, 6.45) is 5.19. The molecule has 1 aliphatic rings. The molecule has 0 aliphatic heterocycles. The van der Waals surface area contributed by atoms with Crippen LogP contribution in [0.2, 0.25) is 0 Å². The zero-order valence-corrected chi connectivity index (χ0v) is 13.9. The third-order valence-corrected chi connectivity index (χ3v) is 5.15. The Balaban J connectivity index is 0.00000242. The number of rotatable bonds is 6. The number of ether oxygens (including phenoxy) is 1. The zero-order valence-electron chi connectivity index (χ0n) is 12.3. The van der Waals surface area contributed by atoms with Crippen LogP contribution in [0.4, 0.5) is 0 Å². The molecule has 0 bridgehead atoms. The summed E-state index contributed by atoms with van der Waals surface area (Å²) in [4.78, 5) is 11.3. The van der Waals surface area contributed by atoms with Gasteiger partial charge in [-0.2, -0.15) is 0 Å². The van der Waals surface area contributed by atoms with Gasteiger partial charge in [0.25, 0.3) is 10.0 Å². The van der Waals surface area contributed by atoms with Gasteiger partial charge in [-0.15, -0.1) is 12.4 Å². The first-order chi connectivity index (χ1) is 9.97. The molecule has 0 radical (unpaired) electrons. The second-order valence-corrected chi connectivity index (χ2v) is 6.80. The Labute approximate surface area is 136 Å². The van der Waals surface area contributed by atoms with E-state index in [0.29, 0.717) is 0 Å². The van der Waals surface area contributed by atoms with Crippen molar-refractivity contribution in [2.24, 2.45) is 11.7 Å². The van der Waals surface area contributed by atoms with Crippen molar-refractivity contribution in [3.8, 4) is 0 Å². The summed E-state index contributed by atoms with van der Waals surface area (Å²) < 4.78 is 36.6. The number of nitrogens with two attached hydrogens (primary N) is 1. The maximum Gasteiger partial charge on any atom is 0.341 e. The molecule has 1 unspecified atom stereocenters. The Kier molecular flexibility index (Phi) is 6.86. The number of hydrogen-bond acceptors (Lipinski definition) is 6. The predicted octanol–water partition coefficient (Wildman–Crippen LogP) is 1.28. The van der Waals surface area contributed by atoms with Crippen molar-refractivity contribution < 1.29 is 22.4 Å². The SMILES string of the molecule is COC(=O)c1coc(S(=O)(=O)NC(CN)C2CCCC2)c1.Cl. The van der Waals surface area contributed by atoms with Crippen LogP contribution in [0.15, 0.2) is 21.8 Å². The van der Waals surface area contributed by atoms with Gasteiger partial charge in [0.2, 0.25) is 5.09 Å². The van der Waals surface area contributed by atoms with E-state index in [4.69, 9.17) is 10.2 Å². The molecule has 2 rings (SSSR count). The first-order valence-corrected chi connectivity index (χ1v) is 8.35. The van der Waals surface area contributed by atoms with E-state index in [1.54, 1.807) is 0 Å². The van der Waals surface area contributed by atoms with E-state index in [-0.39, 0.29) is 41.6 Å². The van der Waals surface area contributed by atoms with E-state index in [9.17, 15) is 13.2 Å². The lowest BCUT2D eigenvalue weighted by Crippen LogP contribution is -2.44. The Morgan fingerprint density at radius 1 is 1.50 bits per heavy atom. The standard InChI is InChI=1S/C13H20N2O5S.ClH/c1-19-13(16)10-6-12(20-8-10)21(17,18)15-11(7-14)9-4-2-3-5-9;/h6,8-9,11,15H,2-5,7,14H2,1H3;1H. The van der Waals surface area contributed by atoms with Gasteiger partial charge >= 0.3 is 5.97 Å². The zero-order chi connectivity index (χ0) is 15.5. The minimum atomic E-state index is -3.83. The number of esters is 1. The Bertz CT molecular complexity index is 595. The van der Waals surface area contributed by atoms with Gasteiger partial charge in [0.1, 0.15) is 6.26 Å². The normalized spacial score (nSPS) is 17.0. The lowest BCUT2D eigenvalue weighted by atomic mass is 9.99. The Morgan fingerprint density at radius 3 is 2.68 bits per heavy atom. The van der Waals surface area contributed by atoms with Crippen LogP contribution in [0, 0.1) is 5.92 Å². The number of nitrogens with one attached hydrogen (secondary N) is 1. The molecule has 7 nitrogen and oxygen atoms in total. The lowest BCUT2D eigenvalue weighted by molar-refractivity contribution is 0.0600. The molecule has 126 valence electrons. The van der Waals surface area contributed by atoms with Crippen LogP contribution in [0.5, 0.6) is 0 Å². The van der Waals surface area contributed by atoms with E-state index in [0.717, 1.165) is 38.0 Å². The van der Waals surface area contributed by atoms with Crippen LogP contribution in [0.3, 0.4) is 0 Å². The molecule has 0 saturated heterocycles. The molecule has 1 saturated carbocycles. The molecule has 0 aromatic carbocycles. The van der Waals surface area contributed by atoms with Gasteiger partial charge in [-0.1, -0.05) is 12.8 Å². The summed E-state index contributed by atoms with van der Waals surface area (Å²) in [6.45, 7) is 0.231. The van der Waals surface area contributed by atoms with Crippen molar-refractivity contribution >= 4 is 28.4 Å². The van der Waals surface area contributed by atoms with E-state index in [1.165, 1.54) is 7.11 Å². The van der Waals surface area contributed by atoms with Crippen LogP contribution in [-0.4, -0.2) is 34.1 Å². The monoisotopic (exact) mass is 352 g/mol. The van der Waals surface area contributed by atoms with Crippen LogP contribution in [0.1, 0.15) is 36.0 Å². The summed E-state index contributed by atoms with van der Waals surface area (Å²) in [5.41, 5.74) is 5.74. The van der Waals surface area contributed by atoms with Crippen molar-refractivity contribution in [2.75, 3.05) is 13.7 Å². The summed E-state index contributed by atoms with van der Waals surface area (Å²) in [5.74, 6) is -0.397. The molecule has 3 N–H and O–H groups in total. The summed E-state index contributed by atoms with van der Waals surface area (Å²) in [7, 11) is -2.62. The smallest absolute Gasteiger partial charge is 0.341 e. The fourth-order valence-corrected chi connectivity index (χ4v) is 3.90. The fourth-order valence-electron chi connectivity index (χ4n) is 2.64. The molecule has 1 heterocycles. The molecule has 22 heavy (non-hydrogen) atoms. The number of carbonyl (C=O) groups excluding carboxylic acids is 1. The number of hydrogen-bond donors (Lipinski definition) is 2. The molecule has 0 amide bonds. The summed E-state index contributed by atoms with van der Waals surface area (Å²) in [6, 6.07) is 0.834. The van der Waals surface area contributed by atoms with Crippen molar-refractivity contribution in [3.05, 3.63) is 17.9 Å². The number of sulfonamides is 1. The second-order valence-electron chi connectivity index (χ2n) is 5.15. The van der Waals surface area contributed by atoms with Crippen LogP contribution in [-0.2, 0) is 14.8 Å². The number of carbonyl (C=O) groups is 1. The summed E-state index contributed by atoms with van der Waals surface area (Å²) >= 11 is 0. The number of furan rings is 1. The molecule has 1 aliphatic carbocycles. The van der Waals surface area contributed by atoms with E-state index in [2.05, 4.69) is 9.46 Å². The molecule has 0 spiro atoms. The van der Waals surface area contributed by atoms with E-state index < -0.39 is 16.0 Å². The fraction of sp³-hybridized carbons (Fsp3) is 0.615. The summed E-state index contributed by atoms with van der Waals surface area (Å²) in [5, 5.41) is -0.306. The van der Waals surface area contributed by atoms with Crippen LogP contribution in [0.25, 0.3) is 0 Å². The van der Waals surface area contributed by atoms with Gasteiger partial charge in [0.15, 0.2) is 0 Å². The van der Waals surface area contributed by atoms with Gasteiger partial charge in [-0.25, -0.2) is 17.9 Å². The molecule has 1 atom stereocenters. The van der Waals surface area contributed by atoms with E-state index in [1.807, 2.05) is 0 Å². The quantitative estimate of drug-likeness (QED) is 0.746. The largest absolute Gasteiger partial charge is 0.465 e. The lowest BCUT2D eigenvalue weighted by Gasteiger charge is -2.22. The average Bonchev–Trinajstić information content (AvgIpc) is 3.14. The highest BCUT2D eigenvalue weighted by Crippen LogP contribution is 2.28. The maximum atomic E-state index is 12.3. The predicted molar refractivity (Wildman–Crippen MR) is 82.4 cm³/mol. The first kappa shape index (κ1) is 19.0. The van der Waals surface area contributed by atoms with Gasteiger partial charge in [-0.3, -0.25) is 0 Å². The maximum absolute atomic E-state index is 12.3. The highest BCUT2D eigenvalue weighted by atomic mass is 35.5. The van der Waals surface area contributed by atoms with Crippen molar-refractivity contribution in [3.63, 3.8) is 0 Å². The van der Waals surface area contributed by atoms with Gasteiger partial charge in [0, 0.05) is 18.7 Å². The molecule has 1 fully saturated rings. The van der Waals surface area contributed by atoms with Crippen LogP contribution >= 0.6 is 12.4 Å². The molecular formula is C13H21ClN2O5S. The van der Waals surface area contributed by atoms with Crippen molar-refractivity contribution in [2.45, 2.75) is 36.8 Å². The Hall–Kier alpha value is -1.09. The van der Waals surface area contributed by atoms with Crippen molar-refractivity contribution in [1.82, 2.24) is 4.72 Å². The first-order valence-electron chi connectivity index (χ1n) is 6.87. The molecule has 1 aromatic rings. The minimum Gasteiger partial charge on any atom is -0.465 e. The van der Waals surface area contributed by atoms with E-state index >= 15 is 0 Å². The Morgan fingerprint density at radius 2 is 2.14 bits per heavy atom.